The van der Waals surface area contributed by atoms with Gasteiger partial charge in [0.2, 0.25) is 11.8 Å². The molecule has 3 aromatic heterocycles. The highest BCUT2D eigenvalue weighted by Crippen LogP contribution is 2.54. The highest BCUT2D eigenvalue weighted by atomic mass is 16.5. The van der Waals surface area contributed by atoms with Crippen LogP contribution in [0.4, 0.5) is 9.59 Å². The van der Waals surface area contributed by atoms with E-state index in [1.807, 2.05) is 56.1 Å². The molecule has 5 N–H and O–H groups in total. The number of benzene rings is 2. The molecule has 4 amide bonds. The maximum atomic E-state index is 14.1. The van der Waals surface area contributed by atoms with Gasteiger partial charge in [0.05, 0.1) is 43.5 Å². The van der Waals surface area contributed by atoms with Crippen molar-refractivity contribution in [3.63, 3.8) is 0 Å². The monoisotopic (exact) mass is 843 g/mol. The number of imidazole rings is 2. The molecule has 0 unspecified atom stereocenters. The number of ether oxygens (including phenoxy) is 2. The summed E-state index contributed by atoms with van der Waals surface area (Å²) in [5.41, 5.74) is 6.87. The molecule has 4 aliphatic rings. The summed E-state index contributed by atoms with van der Waals surface area (Å²) in [5.74, 6) is 1.87. The summed E-state index contributed by atoms with van der Waals surface area (Å²) in [7, 11) is 2.61. The van der Waals surface area contributed by atoms with Crippen LogP contribution in [0.2, 0.25) is 0 Å². The number of hydrogen-bond acceptors (Lipinski definition) is 8. The number of methoxy groups -OCH3 is 2. The lowest BCUT2D eigenvalue weighted by Gasteiger charge is -2.40. The molecular formula is C47H57N9O6. The first-order chi connectivity index (χ1) is 29.8. The van der Waals surface area contributed by atoms with Crippen molar-refractivity contribution in [2.45, 2.75) is 96.3 Å². The van der Waals surface area contributed by atoms with Gasteiger partial charge in [0.25, 0.3) is 0 Å². The van der Waals surface area contributed by atoms with Gasteiger partial charge in [-0.3, -0.25) is 9.59 Å². The van der Waals surface area contributed by atoms with Gasteiger partial charge in [0.1, 0.15) is 34.8 Å². The zero-order valence-electron chi connectivity index (χ0n) is 36.6. The first kappa shape index (κ1) is 41.2. The van der Waals surface area contributed by atoms with Crippen LogP contribution in [-0.4, -0.2) is 98.1 Å². The number of nitrogens with one attached hydrogen (secondary N) is 5. The number of aryl methyl sites for hydroxylation is 1. The van der Waals surface area contributed by atoms with E-state index in [-0.39, 0.29) is 23.7 Å². The van der Waals surface area contributed by atoms with Crippen molar-refractivity contribution in [2.75, 3.05) is 27.3 Å². The molecular weight excluding hydrogens is 787 g/mol. The Hall–Kier alpha value is -6.12. The Morgan fingerprint density at radius 1 is 0.710 bits per heavy atom. The van der Waals surface area contributed by atoms with E-state index in [9.17, 15) is 19.2 Å². The van der Waals surface area contributed by atoms with Gasteiger partial charge in [-0.25, -0.2) is 19.6 Å². The number of nitrogens with zero attached hydrogens (tertiary/aromatic N) is 4. The van der Waals surface area contributed by atoms with Gasteiger partial charge in [0.15, 0.2) is 0 Å². The molecule has 5 heterocycles. The molecule has 0 radical (unpaired) electrons. The van der Waals surface area contributed by atoms with Crippen molar-refractivity contribution in [2.24, 2.45) is 23.7 Å². The van der Waals surface area contributed by atoms with Gasteiger partial charge in [-0.05, 0) is 91.4 Å². The lowest BCUT2D eigenvalue weighted by atomic mass is 9.93. The SMILES string of the molecule is COC(=O)N[C@H](C(=O)N1C[C@@H]2CC[C@@]1(c1ncc(-c3ccc(-c4ccc(-c5cnc([C@@]67CC[C@@H](CN6C(=O)[C@@H](NC(=O)OC)C(C)C)C7)[nH]5)c5[nH]cc(C)c45)cc3)[nH]1)C2)C(C)C. The smallest absolute Gasteiger partial charge is 0.407 e. The van der Waals surface area contributed by atoms with Crippen LogP contribution in [0.3, 0.4) is 0 Å². The summed E-state index contributed by atoms with van der Waals surface area (Å²) >= 11 is 0. The minimum absolute atomic E-state index is 0.106. The number of carbonyl (C=O) groups is 4. The first-order valence-corrected chi connectivity index (χ1v) is 21.9. The van der Waals surface area contributed by atoms with Gasteiger partial charge < -0.3 is 44.9 Å². The summed E-state index contributed by atoms with van der Waals surface area (Å²) in [6, 6.07) is 11.3. The van der Waals surface area contributed by atoms with E-state index in [0.717, 1.165) is 100 Å². The number of piperidine rings is 2. The van der Waals surface area contributed by atoms with Gasteiger partial charge in [-0.1, -0.05) is 64.1 Å². The molecule has 6 atom stereocenters. The van der Waals surface area contributed by atoms with E-state index >= 15 is 0 Å². The molecule has 4 bridgehead atoms. The Labute approximate surface area is 361 Å². The van der Waals surface area contributed by atoms with Crippen molar-refractivity contribution in [3.8, 4) is 33.6 Å². The average molecular weight is 844 g/mol. The molecule has 15 nitrogen and oxygen atoms in total. The standard InChI is InChI=1S/C47H57N9O6/c1-25(2)37(53-44(59)61-6)40(57)55-23-28-14-16-46(55,18-28)42-49-21-34(51-42)31-10-8-30(9-11-31)32-12-13-33(39-36(32)27(5)20-48-39)35-22-50-43(52-35)47-17-15-29(19-47)24-56(47)41(58)38(26(3)4)54-45(60)62-7/h8-13,20-22,25-26,28-29,37-38,48H,14-19,23-24H2,1-7H3,(H,49,51)(H,50,52)(H,53,59)(H,54,60)/t28-,29-,37+,38+,46+,47+/m1/s1. The number of likely N-dealkylation sites (tertiary alicyclic amines) is 2. The van der Waals surface area contributed by atoms with Crippen molar-refractivity contribution in [1.82, 2.24) is 45.4 Å². The van der Waals surface area contributed by atoms with E-state index in [1.165, 1.54) is 14.2 Å². The molecule has 2 aromatic carbocycles. The van der Waals surface area contributed by atoms with Crippen LogP contribution in [-0.2, 0) is 30.1 Å². The normalized spacial score (nSPS) is 23.7. The fraction of sp³-hybridized carbons (Fsp3) is 0.489. The molecule has 2 saturated carbocycles. The maximum absolute atomic E-state index is 14.1. The molecule has 4 fully saturated rings. The Morgan fingerprint density at radius 2 is 1.19 bits per heavy atom. The third-order valence-corrected chi connectivity index (χ3v) is 14.3. The summed E-state index contributed by atoms with van der Waals surface area (Å²) in [6.07, 6.45) is 9.86. The summed E-state index contributed by atoms with van der Waals surface area (Å²) in [6.45, 7) is 11.1. The second-order valence-corrected chi connectivity index (χ2v) is 18.6. The van der Waals surface area contributed by atoms with Crippen molar-refractivity contribution < 1.29 is 28.7 Å². The van der Waals surface area contributed by atoms with Crippen LogP contribution < -0.4 is 10.6 Å². The highest BCUT2D eigenvalue weighted by Gasteiger charge is 2.58. The van der Waals surface area contributed by atoms with Crippen LogP contribution in [0.1, 0.15) is 83.4 Å². The third-order valence-electron chi connectivity index (χ3n) is 14.3. The van der Waals surface area contributed by atoms with E-state index in [0.29, 0.717) is 24.9 Å². The van der Waals surface area contributed by atoms with Crippen LogP contribution in [0.5, 0.6) is 0 Å². The van der Waals surface area contributed by atoms with Crippen LogP contribution in [0, 0.1) is 30.6 Å². The summed E-state index contributed by atoms with van der Waals surface area (Å²) in [4.78, 5) is 77.0. The van der Waals surface area contributed by atoms with Crippen LogP contribution in [0.15, 0.2) is 55.0 Å². The highest BCUT2D eigenvalue weighted by molar-refractivity contribution is 6.04. The molecule has 2 saturated heterocycles. The van der Waals surface area contributed by atoms with Gasteiger partial charge >= 0.3 is 12.2 Å². The van der Waals surface area contributed by atoms with E-state index in [4.69, 9.17) is 19.4 Å². The molecule has 62 heavy (non-hydrogen) atoms. The molecule has 326 valence electrons. The van der Waals surface area contributed by atoms with Crippen LogP contribution in [0.25, 0.3) is 44.5 Å². The Bertz CT molecular complexity index is 2540. The number of H-pyrrole nitrogens is 3. The Balaban J connectivity index is 0.967. The maximum Gasteiger partial charge on any atom is 0.407 e. The Morgan fingerprint density at radius 3 is 1.69 bits per heavy atom. The number of amides is 4. The van der Waals surface area contributed by atoms with Crippen molar-refractivity contribution in [3.05, 3.63) is 72.2 Å². The lowest BCUT2D eigenvalue weighted by molar-refractivity contribution is -0.141. The second-order valence-electron chi connectivity index (χ2n) is 18.6. The van der Waals surface area contributed by atoms with E-state index in [2.05, 4.69) is 68.9 Å². The zero-order valence-corrected chi connectivity index (χ0v) is 36.6. The van der Waals surface area contributed by atoms with Gasteiger partial charge in [-0.2, -0.15) is 0 Å². The molecule has 15 heteroatoms. The van der Waals surface area contributed by atoms with E-state index < -0.39 is 35.3 Å². The number of aromatic amines is 3. The predicted molar refractivity (Wildman–Crippen MR) is 233 cm³/mol. The number of alkyl carbamates (subject to hydrolysis) is 2. The number of carbonyl (C=O) groups excluding carboxylic acids is 4. The number of aromatic nitrogens is 5. The predicted octanol–water partition coefficient (Wildman–Crippen LogP) is 7.36. The minimum atomic E-state index is -0.704. The lowest BCUT2D eigenvalue weighted by Crippen LogP contribution is -2.56. The number of rotatable bonds is 11. The molecule has 5 aromatic rings. The topological polar surface area (TPSA) is 190 Å². The van der Waals surface area contributed by atoms with Crippen LogP contribution >= 0.6 is 0 Å². The van der Waals surface area contributed by atoms with Crippen molar-refractivity contribution in [1.29, 1.82) is 0 Å². The quantitative estimate of drug-likeness (QED) is 0.0911. The fourth-order valence-electron chi connectivity index (χ4n) is 11.0. The fourth-order valence-corrected chi connectivity index (χ4v) is 11.0. The van der Waals surface area contributed by atoms with Gasteiger partial charge in [0, 0.05) is 30.2 Å². The minimum Gasteiger partial charge on any atom is -0.453 e. The summed E-state index contributed by atoms with van der Waals surface area (Å²) in [5, 5.41) is 6.65. The number of hydrogen-bond donors (Lipinski definition) is 5. The summed E-state index contributed by atoms with van der Waals surface area (Å²) < 4.78 is 9.69. The average Bonchev–Trinajstić information content (AvgIpc) is 4.14. The zero-order chi connectivity index (χ0) is 43.7. The molecule has 2 aliphatic heterocycles. The van der Waals surface area contributed by atoms with E-state index in [1.54, 1.807) is 0 Å². The largest absolute Gasteiger partial charge is 0.453 e. The van der Waals surface area contributed by atoms with Crippen molar-refractivity contribution >= 4 is 34.9 Å². The number of fused-ring (bicyclic) bond motifs is 5. The molecule has 9 rings (SSSR count). The first-order valence-electron chi connectivity index (χ1n) is 21.9. The second kappa shape index (κ2) is 15.7. The molecule has 0 spiro atoms. The van der Waals surface area contributed by atoms with Gasteiger partial charge in [-0.15, -0.1) is 0 Å². The Kier molecular flexibility index (Phi) is 10.4. The molecule has 2 aliphatic carbocycles. The third kappa shape index (κ3) is 6.71.